The summed E-state index contributed by atoms with van der Waals surface area (Å²) < 4.78 is 0. The summed E-state index contributed by atoms with van der Waals surface area (Å²) in [5.74, 6) is 6.57. The van der Waals surface area contributed by atoms with Crippen LogP contribution in [0.5, 0.6) is 0 Å². The van der Waals surface area contributed by atoms with E-state index >= 15 is 0 Å². The maximum Gasteiger partial charge on any atom is 0.0490 e. The predicted molar refractivity (Wildman–Crippen MR) is 60.1 cm³/mol. The Balaban J connectivity index is 2.29. The van der Waals surface area contributed by atoms with E-state index in [0.717, 1.165) is 5.92 Å². The molecule has 2 nitrogen and oxygen atoms in total. The number of hydrogen-bond donors (Lipinski definition) is 1. The number of hydrazone groups is 1. The van der Waals surface area contributed by atoms with E-state index in [2.05, 4.69) is 25.9 Å². The van der Waals surface area contributed by atoms with Crippen molar-refractivity contribution >= 4 is 5.71 Å². The van der Waals surface area contributed by atoms with Crippen molar-refractivity contribution < 1.29 is 0 Å². The Morgan fingerprint density at radius 1 is 1.29 bits per heavy atom. The Kier molecular flexibility index (Phi) is 2.13. The number of hydrogen-bond acceptors (Lipinski definition) is 2. The minimum absolute atomic E-state index is 0.147. The van der Waals surface area contributed by atoms with E-state index in [1.807, 2.05) is 0 Å². The topological polar surface area (TPSA) is 38.4 Å². The molecular formula is C12H22N2. The van der Waals surface area contributed by atoms with Crippen molar-refractivity contribution in [2.75, 3.05) is 0 Å². The van der Waals surface area contributed by atoms with Gasteiger partial charge >= 0.3 is 0 Å². The zero-order chi connectivity index (χ0) is 10.4. The second-order valence-corrected chi connectivity index (χ2v) is 6.16. The Morgan fingerprint density at radius 2 is 1.86 bits per heavy atom. The number of nitrogens with zero attached hydrogens (tertiary/aromatic N) is 1. The van der Waals surface area contributed by atoms with Crippen LogP contribution < -0.4 is 5.84 Å². The molecule has 2 N–H and O–H groups in total. The Morgan fingerprint density at radius 3 is 2.14 bits per heavy atom. The average Bonchev–Trinajstić information content (AvgIpc) is 2.61. The molecule has 0 saturated heterocycles. The maximum absolute atomic E-state index is 5.61. The smallest absolute Gasteiger partial charge is 0.0490 e. The molecule has 0 unspecified atom stereocenters. The minimum atomic E-state index is 0.147. The fourth-order valence-electron chi connectivity index (χ4n) is 3.65. The molecule has 0 heterocycles. The third-order valence-electron chi connectivity index (χ3n) is 4.08. The Hall–Kier alpha value is -0.530. The molecular weight excluding hydrogens is 172 g/mol. The maximum atomic E-state index is 5.61. The molecule has 2 bridgehead atoms. The molecule has 2 saturated carbocycles. The van der Waals surface area contributed by atoms with Gasteiger partial charge in [-0.15, -0.1) is 0 Å². The van der Waals surface area contributed by atoms with Crippen LogP contribution in [0, 0.1) is 16.7 Å². The van der Waals surface area contributed by atoms with Gasteiger partial charge in [0.1, 0.15) is 0 Å². The summed E-state index contributed by atoms with van der Waals surface area (Å²) in [6.07, 6.45) is 6.79. The van der Waals surface area contributed by atoms with Crippen molar-refractivity contribution in [3.8, 4) is 0 Å². The highest BCUT2D eigenvalue weighted by Crippen LogP contribution is 2.57. The molecule has 0 aromatic rings. The van der Waals surface area contributed by atoms with Gasteiger partial charge in [0.05, 0.1) is 0 Å². The van der Waals surface area contributed by atoms with E-state index in [1.54, 1.807) is 0 Å². The molecule has 0 aromatic heterocycles. The lowest BCUT2D eigenvalue weighted by Crippen LogP contribution is -2.37. The van der Waals surface area contributed by atoms with Crippen LogP contribution >= 0.6 is 0 Å². The normalized spacial score (nSPS) is 37.9. The van der Waals surface area contributed by atoms with Crippen molar-refractivity contribution in [1.29, 1.82) is 0 Å². The van der Waals surface area contributed by atoms with E-state index in [4.69, 9.17) is 5.84 Å². The molecule has 2 aliphatic rings. The Labute approximate surface area is 86.9 Å². The first-order valence-corrected chi connectivity index (χ1v) is 5.77. The summed E-state index contributed by atoms with van der Waals surface area (Å²) >= 11 is 0. The second kappa shape index (κ2) is 2.98. The lowest BCUT2D eigenvalue weighted by atomic mass is 9.70. The van der Waals surface area contributed by atoms with Crippen molar-refractivity contribution in [3.63, 3.8) is 0 Å². The van der Waals surface area contributed by atoms with Crippen LogP contribution in [0.1, 0.15) is 52.9 Å². The van der Waals surface area contributed by atoms with Crippen LogP contribution in [0.4, 0.5) is 0 Å². The van der Waals surface area contributed by atoms with E-state index in [1.165, 1.54) is 37.8 Å². The van der Waals surface area contributed by atoms with Crippen molar-refractivity contribution in [3.05, 3.63) is 0 Å². The lowest BCUT2D eigenvalue weighted by Gasteiger charge is -2.35. The SMILES string of the molecule is CC(C)(C)C(=NN)C12CCC(CC1)C2. The van der Waals surface area contributed by atoms with Gasteiger partial charge in [0.25, 0.3) is 0 Å². The van der Waals surface area contributed by atoms with Gasteiger partial charge in [-0.1, -0.05) is 20.8 Å². The summed E-state index contributed by atoms with van der Waals surface area (Å²) in [6, 6.07) is 0. The zero-order valence-corrected chi connectivity index (χ0v) is 9.64. The van der Waals surface area contributed by atoms with Crippen LogP contribution in [-0.4, -0.2) is 5.71 Å². The number of nitrogens with two attached hydrogens (primary N) is 1. The molecule has 0 aromatic carbocycles. The van der Waals surface area contributed by atoms with Crippen molar-refractivity contribution in [2.24, 2.45) is 27.7 Å². The second-order valence-electron chi connectivity index (χ2n) is 6.16. The molecule has 0 aliphatic heterocycles. The molecule has 0 radical (unpaired) electrons. The first kappa shape index (κ1) is 10.0. The third-order valence-corrected chi connectivity index (χ3v) is 4.08. The highest BCUT2D eigenvalue weighted by Gasteiger charge is 2.50. The number of rotatable bonds is 1. The lowest BCUT2D eigenvalue weighted by molar-refractivity contribution is 0.375. The summed E-state index contributed by atoms with van der Waals surface area (Å²) in [6.45, 7) is 6.71. The summed E-state index contributed by atoms with van der Waals surface area (Å²) in [5.41, 5.74) is 1.80. The van der Waals surface area contributed by atoms with Crippen molar-refractivity contribution in [1.82, 2.24) is 0 Å². The van der Waals surface area contributed by atoms with E-state index in [-0.39, 0.29) is 5.41 Å². The van der Waals surface area contributed by atoms with Gasteiger partial charge in [-0.3, -0.25) is 0 Å². The molecule has 14 heavy (non-hydrogen) atoms. The first-order chi connectivity index (χ1) is 6.48. The molecule has 2 rings (SSSR count). The highest BCUT2D eigenvalue weighted by atomic mass is 15.1. The van der Waals surface area contributed by atoms with Crippen molar-refractivity contribution in [2.45, 2.75) is 52.9 Å². The van der Waals surface area contributed by atoms with Crippen LogP contribution in [0.25, 0.3) is 0 Å². The predicted octanol–water partition coefficient (Wildman–Crippen LogP) is 2.93. The van der Waals surface area contributed by atoms with Gasteiger partial charge in [-0.05, 0) is 38.0 Å². The molecule has 2 fully saturated rings. The highest BCUT2D eigenvalue weighted by molar-refractivity contribution is 5.94. The molecule has 0 spiro atoms. The van der Waals surface area contributed by atoms with Gasteiger partial charge in [0.15, 0.2) is 0 Å². The molecule has 2 heteroatoms. The van der Waals surface area contributed by atoms with Crippen LogP contribution in [-0.2, 0) is 0 Å². The number of fused-ring (bicyclic) bond motifs is 2. The van der Waals surface area contributed by atoms with E-state index < -0.39 is 0 Å². The Bertz CT molecular complexity index is 252. The molecule has 0 amide bonds. The fraction of sp³-hybridized carbons (Fsp3) is 0.917. The van der Waals surface area contributed by atoms with Gasteiger partial charge in [0.2, 0.25) is 0 Å². The van der Waals surface area contributed by atoms with Gasteiger partial charge in [-0.25, -0.2) is 0 Å². The summed E-state index contributed by atoms with van der Waals surface area (Å²) in [4.78, 5) is 0. The molecule has 2 aliphatic carbocycles. The van der Waals surface area contributed by atoms with Crippen LogP contribution in [0.3, 0.4) is 0 Å². The largest absolute Gasteiger partial charge is 0.323 e. The standard InChI is InChI=1S/C12H22N2/c1-11(2,3)10(14-13)12-6-4-9(8-12)5-7-12/h9H,4-8,13H2,1-3H3. The average molecular weight is 194 g/mol. The first-order valence-electron chi connectivity index (χ1n) is 5.77. The summed E-state index contributed by atoms with van der Waals surface area (Å²) in [7, 11) is 0. The van der Waals surface area contributed by atoms with Crippen LogP contribution in [0.2, 0.25) is 0 Å². The summed E-state index contributed by atoms with van der Waals surface area (Å²) in [5, 5.41) is 4.13. The van der Waals surface area contributed by atoms with Gasteiger partial charge in [0, 0.05) is 16.5 Å². The van der Waals surface area contributed by atoms with Gasteiger partial charge in [-0.2, -0.15) is 5.10 Å². The van der Waals surface area contributed by atoms with Crippen LogP contribution in [0.15, 0.2) is 5.10 Å². The molecule has 0 atom stereocenters. The minimum Gasteiger partial charge on any atom is -0.323 e. The molecule has 80 valence electrons. The fourth-order valence-corrected chi connectivity index (χ4v) is 3.65. The van der Waals surface area contributed by atoms with E-state index in [0.29, 0.717) is 5.41 Å². The third kappa shape index (κ3) is 1.35. The van der Waals surface area contributed by atoms with Gasteiger partial charge < -0.3 is 5.84 Å². The quantitative estimate of drug-likeness (QED) is 0.389. The van der Waals surface area contributed by atoms with E-state index in [9.17, 15) is 0 Å². The monoisotopic (exact) mass is 194 g/mol. The zero-order valence-electron chi connectivity index (χ0n) is 9.64.